The van der Waals surface area contributed by atoms with Crippen molar-refractivity contribution >= 4 is 23.2 Å². The van der Waals surface area contributed by atoms with Crippen LogP contribution in [0.3, 0.4) is 0 Å². The molecule has 1 aromatic carbocycles. The minimum absolute atomic E-state index is 0.115. The molecule has 2 rings (SSSR count). The quantitative estimate of drug-likeness (QED) is 0.887. The van der Waals surface area contributed by atoms with Crippen molar-refractivity contribution in [2.75, 3.05) is 18.4 Å². The summed E-state index contributed by atoms with van der Waals surface area (Å²) in [7, 11) is 0. The molecule has 4 heteroatoms. The van der Waals surface area contributed by atoms with Crippen LogP contribution in [0, 0.1) is 5.41 Å². The molecule has 104 valence electrons. The lowest BCUT2D eigenvalue weighted by molar-refractivity contribution is -0.127. The first-order valence-corrected chi connectivity index (χ1v) is 7.32. The molecule has 0 saturated carbocycles. The Hall–Kier alpha value is -1.06. The standard InChI is InChI=1S/C15H21ClN2O/c1-2-7-15(8-10-17-11-9-15)14(19)18-13-6-4-3-5-12(13)16/h3-6,17H,2,7-11H2,1H3,(H,18,19). The highest BCUT2D eigenvalue weighted by Gasteiger charge is 2.38. The average molecular weight is 281 g/mol. The van der Waals surface area contributed by atoms with Crippen LogP contribution < -0.4 is 10.6 Å². The Morgan fingerprint density at radius 1 is 1.37 bits per heavy atom. The molecule has 0 unspecified atom stereocenters. The molecule has 1 heterocycles. The lowest BCUT2D eigenvalue weighted by atomic mass is 9.74. The summed E-state index contributed by atoms with van der Waals surface area (Å²) in [6, 6.07) is 7.40. The Kier molecular flexibility index (Phi) is 4.83. The molecule has 1 amide bonds. The number of nitrogens with one attached hydrogen (secondary N) is 2. The first-order valence-electron chi connectivity index (χ1n) is 6.95. The van der Waals surface area contributed by atoms with Crippen LogP contribution in [0.15, 0.2) is 24.3 Å². The largest absolute Gasteiger partial charge is 0.324 e. The first kappa shape index (κ1) is 14.4. The normalized spacial score (nSPS) is 18.0. The second kappa shape index (κ2) is 6.40. The van der Waals surface area contributed by atoms with Gasteiger partial charge in [0.15, 0.2) is 0 Å². The predicted octanol–water partition coefficient (Wildman–Crippen LogP) is 3.45. The number of piperidine rings is 1. The van der Waals surface area contributed by atoms with Gasteiger partial charge in [-0.2, -0.15) is 0 Å². The zero-order valence-electron chi connectivity index (χ0n) is 11.3. The maximum Gasteiger partial charge on any atom is 0.230 e. The van der Waals surface area contributed by atoms with Gasteiger partial charge in [-0.15, -0.1) is 0 Å². The van der Waals surface area contributed by atoms with Crippen LogP contribution in [0.2, 0.25) is 5.02 Å². The number of rotatable bonds is 4. The van der Waals surface area contributed by atoms with E-state index < -0.39 is 0 Å². The van der Waals surface area contributed by atoms with E-state index in [0.717, 1.165) is 38.8 Å². The van der Waals surface area contributed by atoms with Gasteiger partial charge in [0.2, 0.25) is 5.91 Å². The van der Waals surface area contributed by atoms with Gasteiger partial charge in [0.25, 0.3) is 0 Å². The summed E-state index contributed by atoms with van der Waals surface area (Å²) >= 11 is 6.10. The summed E-state index contributed by atoms with van der Waals surface area (Å²) < 4.78 is 0. The van der Waals surface area contributed by atoms with Gasteiger partial charge in [-0.05, 0) is 44.5 Å². The number of carbonyl (C=O) groups excluding carboxylic acids is 1. The van der Waals surface area contributed by atoms with E-state index in [4.69, 9.17) is 11.6 Å². The monoisotopic (exact) mass is 280 g/mol. The number of anilines is 1. The van der Waals surface area contributed by atoms with Gasteiger partial charge < -0.3 is 10.6 Å². The van der Waals surface area contributed by atoms with Gasteiger partial charge in [0, 0.05) is 0 Å². The van der Waals surface area contributed by atoms with Crippen LogP contribution in [0.5, 0.6) is 0 Å². The van der Waals surface area contributed by atoms with Crippen molar-refractivity contribution in [1.82, 2.24) is 5.32 Å². The Labute approximate surface area is 119 Å². The molecule has 19 heavy (non-hydrogen) atoms. The van der Waals surface area contributed by atoms with Crippen molar-refractivity contribution < 1.29 is 4.79 Å². The second-order valence-electron chi connectivity index (χ2n) is 5.21. The highest BCUT2D eigenvalue weighted by molar-refractivity contribution is 6.33. The van der Waals surface area contributed by atoms with E-state index in [0.29, 0.717) is 10.7 Å². The van der Waals surface area contributed by atoms with E-state index in [2.05, 4.69) is 17.6 Å². The summed E-state index contributed by atoms with van der Waals surface area (Å²) in [6.07, 6.45) is 3.76. The number of para-hydroxylation sites is 1. The molecule has 1 saturated heterocycles. The third kappa shape index (κ3) is 3.28. The molecule has 1 aromatic rings. The van der Waals surface area contributed by atoms with Crippen molar-refractivity contribution in [2.24, 2.45) is 5.41 Å². The van der Waals surface area contributed by atoms with Gasteiger partial charge in [0.05, 0.1) is 16.1 Å². The van der Waals surface area contributed by atoms with Crippen molar-refractivity contribution in [3.05, 3.63) is 29.3 Å². The van der Waals surface area contributed by atoms with E-state index in [-0.39, 0.29) is 11.3 Å². The van der Waals surface area contributed by atoms with Crippen molar-refractivity contribution in [3.63, 3.8) is 0 Å². The fourth-order valence-electron chi connectivity index (χ4n) is 2.79. The average Bonchev–Trinajstić information content (AvgIpc) is 2.42. The molecule has 0 bridgehead atoms. The number of amides is 1. The summed E-state index contributed by atoms with van der Waals surface area (Å²) in [6.45, 7) is 3.96. The maximum atomic E-state index is 12.6. The molecular formula is C15H21ClN2O. The Bertz CT molecular complexity index is 436. The molecule has 0 spiro atoms. The zero-order chi connectivity index (χ0) is 13.7. The Morgan fingerprint density at radius 2 is 2.05 bits per heavy atom. The van der Waals surface area contributed by atoms with Crippen LogP contribution in [0.1, 0.15) is 32.6 Å². The molecule has 0 aliphatic carbocycles. The van der Waals surface area contributed by atoms with E-state index in [1.165, 1.54) is 0 Å². The third-order valence-corrected chi connectivity index (χ3v) is 4.22. The smallest absolute Gasteiger partial charge is 0.230 e. The minimum atomic E-state index is -0.237. The zero-order valence-corrected chi connectivity index (χ0v) is 12.1. The van der Waals surface area contributed by atoms with E-state index in [1.807, 2.05) is 18.2 Å². The van der Waals surface area contributed by atoms with E-state index in [9.17, 15) is 4.79 Å². The molecular weight excluding hydrogens is 260 g/mol. The van der Waals surface area contributed by atoms with E-state index in [1.54, 1.807) is 6.07 Å². The fraction of sp³-hybridized carbons (Fsp3) is 0.533. The SMILES string of the molecule is CCCC1(C(=O)Nc2ccccc2Cl)CCNCC1. The summed E-state index contributed by atoms with van der Waals surface area (Å²) in [4.78, 5) is 12.6. The van der Waals surface area contributed by atoms with Crippen molar-refractivity contribution in [3.8, 4) is 0 Å². The molecule has 1 fully saturated rings. The van der Waals surface area contributed by atoms with Crippen LogP contribution in [-0.2, 0) is 4.79 Å². The fourth-order valence-corrected chi connectivity index (χ4v) is 2.97. The molecule has 3 nitrogen and oxygen atoms in total. The number of halogens is 1. The second-order valence-corrected chi connectivity index (χ2v) is 5.62. The molecule has 1 aliphatic heterocycles. The Morgan fingerprint density at radius 3 is 2.68 bits per heavy atom. The summed E-state index contributed by atoms with van der Waals surface area (Å²) in [5, 5.41) is 6.92. The lowest BCUT2D eigenvalue weighted by Crippen LogP contribution is -2.44. The predicted molar refractivity (Wildman–Crippen MR) is 79.5 cm³/mol. The summed E-state index contributed by atoms with van der Waals surface area (Å²) in [5.41, 5.74) is 0.474. The topological polar surface area (TPSA) is 41.1 Å². The minimum Gasteiger partial charge on any atom is -0.324 e. The van der Waals surface area contributed by atoms with Crippen LogP contribution >= 0.6 is 11.6 Å². The number of hydrogen-bond acceptors (Lipinski definition) is 2. The molecule has 0 atom stereocenters. The highest BCUT2D eigenvalue weighted by Crippen LogP contribution is 2.36. The molecule has 1 aliphatic rings. The summed E-state index contributed by atoms with van der Waals surface area (Å²) in [5.74, 6) is 0.115. The molecule has 0 aromatic heterocycles. The van der Waals surface area contributed by atoms with Crippen molar-refractivity contribution in [2.45, 2.75) is 32.6 Å². The lowest BCUT2D eigenvalue weighted by Gasteiger charge is -2.36. The van der Waals surface area contributed by atoms with Gasteiger partial charge in [-0.25, -0.2) is 0 Å². The van der Waals surface area contributed by atoms with Crippen LogP contribution in [-0.4, -0.2) is 19.0 Å². The number of hydrogen-bond donors (Lipinski definition) is 2. The van der Waals surface area contributed by atoms with Gasteiger partial charge in [-0.1, -0.05) is 37.1 Å². The first-order chi connectivity index (χ1) is 9.18. The third-order valence-electron chi connectivity index (χ3n) is 3.89. The van der Waals surface area contributed by atoms with Gasteiger partial charge in [-0.3, -0.25) is 4.79 Å². The maximum absolute atomic E-state index is 12.6. The van der Waals surface area contributed by atoms with Crippen LogP contribution in [0.25, 0.3) is 0 Å². The molecule has 0 radical (unpaired) electrons. The van der Waals surface area contributed by atoms with Gasteiger partial charge in [0.1, 0.15) is 0 Å². The van der Waals surface area contributed by atoms with Gasteiger partial charge >= 0.3 is 0 Å². The van der Waals surface area contributed by atoms with E-state index >= 15 is 0 Å². The van der Waals surface area contributed by atoms with Crippen molar-refractivity contribution in [1.29, 1.82) is 0 Å². The molecule has 2 N–H and O–H groups in total. The Balaban J connectivity index is 2.14. The number of benzene rings is 1. The number of carbonyl (C=O) groups is 1. The van der Waals surface area contributed by atoms with Crippen LogP contribution in [0.4, 0.5) is 5.69 Å². The highest BCUT2D eigenvalue weighted by atomic mass is 35.5.